The van der Waals surface area contributed by atoms with Gasteiger partial charge in [-0.1, -0.05) is 12.2 Å². The Bertz CT molecular complexity index is 222. The van der Waals surface area contributed by atoms with Gasteiger partial charge in [0.2, 0.25) is 0 Å². The van der Waals surface area contributed by atoms with E-state index >= 15 is 0 Å². The average Bonchev–Trinajstić information content (AvgIpc) is 2.04. The van der Waals surface area contributed by atoms with Gasteiger partial charge in [0, 0.05) is 18.5 Å². The summed E-state index contributed by atoms with van der Waals surface area (Å²) in [6, 6.07) is 0.529. The number of fused-ring (bicyclic) bond motifs is 1. The average molecular weight is 165 g/mol. The zero-order valence-corrected chi connectivity index (χ0v) is 7.16. The zero-order chi connectivity index (χ0) is 8.55. The van der Waals surface area contributed by atoms with Crippen LogP contribution in [0.3, 0.4) is 0 Å². The first-order valence-corrected chi connectivity index (χ1v) is 4.49. The van der Waals surface area contributed by atoms with Gasteiger partial charge in [-0.15, -0.1) is 0 Å². The molecule has 0 aromatic rings. The van der Waals surface area contributed by atoms with Crippen LogP contribution in [-0.4, -0.2) is 25.0 Å². The molecule has 0 radical (unpaired) electrons. The van der Waals surface area contributed by atoms with Gasteiger partial charge in [-0.3, -0.25) is 4.99 Å². The largest absolute Gasteiger partial charge is 0.371 e. The van der Waals surface area contributed by atoms with Crippen LogP contribution in [0.2, 0.25) is 0 Å². The topological polar surface area (TPSA) is 50.4 Å². The molecule has 1 fully saturated rings. The Morgan fingerprint density at radius 3 is 3.33 bits per heavy atom. The molecule has 3 unspecified atom stereocenters. The lowest BCUT2D eigenvalue weighted by Crippen LogP contribution is -2.61. The predicted molar refractivity (Wildman–Crippen MR) is 50.1 cm³/mol. The first kappa shape index (κ1) is 7.80. The van der Waals surface area contributed by atoms with E-state index in [2.05, 4.69) is 16.9 Å². The molecule has 12 heavy (non-hydrogen) atoms. The van der Waals surface area contributed by atoms with E-state index in [-0.39, 0.29) is 6.04 Å². The van der Waals surface area contributed by atoms with E-state index in [9.17, 15) is 0 Å². The summed E-state index contributed by atoms with van der Waals surface area (Å²) in [6.07, 6.45) is 4.13. The molecular formula is C9H15N3. The molecule has 1 heterocycles. The maximum Gasteiger partial charge on any atom is 0.0826 e. The van der Waals surface area contributed by atoms with Crippen LogP contribution < -0.4 is 11.1 Å². The minimum atomic E-state index is 0.138. The smallest absolute Gasteiger partial charge is 0.0826 e. The number of hydrogen-bond acceptors (Lipinski definition) is 3. The molecule has 0 aromatic carbocycles. The Labute approximate surface area is 72.7 Å². The summed E-state index contributed by atoms with van der Waals surface area (Å²) in [5.74, 6) is 0.590. The Balaban J connectivity index is 2.06. The summed E-state index contributed by atoms with van der Waals surface area (Å²) in [4.78, 5) is 4.19. The normalized spacial score (nSPS) is 40.4. The van der Waals surface area contributed by atoms with Gasteiger partial charge in [0.1, 0.15) is 0 Å². The Morgan fingerprint density at radius 2 is 2.50 bits per heavy atom. The highest BCUT2D eigenvalue weighted by Gasteiger charge is 2.41. The highest BCUT2D eigenvalue weighted by Crippen LogP contribution is 2.35. The molecule has 0 spiro atoms. The fourth-order valence-corrected chi connectivity index (χ4v) is 2.03. The molecule has 3 heteroatoms. The predicted octanol–water partition coefficient (Wildman–Crippen LogP) is 0.280. The van der Waals surface area contributed by atoms with Crippen LogP contribution in [0.25, 0.3) is 0 Å². The second-order valence-electron chi connectivity index (χ2n) is 3.58. The molecule has 0 saturated heterocycles. The molecule has 2 aliphatic rings. The molecular weight excluding hydrogens is 150 g/mol. The summed E-state index contributed by atoms with van der Waals surface area (Å²) in [5.41, 5.74) is 7.08. The molecule has 1 aliphatic heterocycles. The van der Waals surface area contributed by atoms with Gasteiger partial charge < -0.3 is 11.1 Å². The van der Waals surface area contributed by atoms with Gasteiger partial charge in [-0.25, -0.2) is 0 Å². The lowest BCUT2D eigenvalue weighted by atomic mass is 9.69. The molecule has 2 rings (SSSR count). The molecule has 1 saturated carbocycles. The summed E-state index contributed by atoms with van der Waals surface area (Å²) < 4.78 is 0. The van der Waals surface area contributed by atoms with Crippen molar-refractivity contribution in [2.75, 3.05) is 6.54 Å². The maximum atomic E-state index is 5.87. The van der Waals surface area contributed by atoms with Crippen molar-refractivity contribution in [1.82, 2.24) is 5.32 Å². The number of hydrogen-bond donors (Lipinski definition) is 2. The number of nitrogens with one attached hydrogen (secondary N) is 1. The van der Waals surface area contributed by atoms with Gasteiger partial charge in [0.15, 0.2) is 0 Å². The van der Waals surface area contributed by atoms with Crippen molar-refractivity contribution in [1.29, 1.82) is 0 Å². The minimum absolute atomic E-state index is 0.138. The van der Waals surface area contributed by atoms with Gasteiger partial charge in [0.05, 0.1) is 12.4 Å². The Hall–Kier alpha value is -0.830. The summed E-state index contributed by atoms with van der Waals surface area (Å²) in [7, 11) is 0. The molecule has 3 N–H and O–H groups in total. The van der Waals surface area contributed by atoms with Crippen LogP contribution in [0.1, 0.15) is 12.8 Å². The third-order valence-electron chi connectivity index (χ3n) is 2.89. The van der Waals surface area contributed by atoms with E-state index in [1.807, 2.05) is 0 Å². The number of aliphatic imine (C=N–C) groups is 1. The standard InChI is InChI=1S/C9H15N3/c1-6-7-3-2-4-11-5-12-9(7)8(6)10/h5,7-9H,1-4,10H2,(H,11,12). The molecule has 66 valence electrons. The first-order chi connectivity index (χ1) is 5.80. The van der Waals surface area contributed by atoms with E-state index in [4.69, 9.17) is 5.73 Å². The van der Waals surface area contributed by atoms with Crippen LogP contribution in [0.4, 0.5) is 0 Å². The van der Waals surface area contributed by atoms with Crippen molar-refractivity contribution in [2.24, 2.45) is 16.6 Å². The second-order valence-corrected chi connectivity index (χ2v) is 3.58. The van der Waals surface area contributed by atoms with Crippen molar-refractivity contribution in [2.45, 2.75) is 24.9 Å². The van der Waals surface area contributed by atoms with Crippen LogP contribution in [0.15, 0.2) is 17.1 Å². The van der Waals surface area contributed by atoms with E-state index in [1.165, 1.54) is 12.0 Å². The van der Waals surface area contributed by atoms with Crippen molar-refractivity contribution in [3.8, 4) is 0 Å². The lowest BCUT2D eigenvalue weighted by molar-refractivity contribution is 0.274. The summed E-state index contributed by atoms with van der Waals surface area (Å²) in [5, 5.41) is 3.22. The van der Waals surface area contributed by atoms with Crippen LogP contribution in [0, 0.1) is 5.92 Å². The molecule has 3 nitrogen and oxygen atoms in total. The van der Waals surface area contributed by atoms with Crippen molar-refractivity contribution < 1.29 is 0 Å². The van der Waals surface area contributed by atoms with Crippen LogP contribution >= 0.6 is 0 Å². The Morgan fingerprint density at radius 1 is 1.67 bits per heavy atom. The minimum Gasteiger partial charge on any atom is -0.371 e. The SMILES string of the molecule is C=C1C(N)C2NC=NCCCC12. The quantitative estimate of drug-likeness (QED) is 0.506. The molecule has 0 aromatic heterocycles. The Kier molecular flexibility index (Phi) is 1.89. The molecule has 0 amide bonds. The van der Waals surface area contributed by atoms with E-state index in [1.54, 1.807) is 6.34 Å². The van der Waals surface area contributed by atoms with Crippen LogP contribution in [-0.2, 0) is 0 Å². The van der Waals surface area contributed by atoms with Crippen molar-refractivity contribution >= 4 is 6.34 Å². The zero-order valence-electron chi connectivity index (χ0n) is 7.16. The first-order valence-electron chi connectivity index (χ1n) is 4.49. The van der Waals surface area contributed by atoms with E-state index in [0.717, 1.165) is 13.0 Å². The van der Waals surface area contributed by atoms with Gasteiger partial charge in [-0.2, -0.15) is 0 Å². The van der Waals surface area contributed by atoms with Gasteiger partial charge in [0.25, 0.3) is 0 Å². The summed E-state index contributed by atoms with van der Waals surface area (Å²) >= 11 is 0. The number of nitrogens with two attached hydrogens (primary N) is 1. The fraction of sp³-hybridized carbons (Fsp3) is 0.667. The third-order valence-corrected chi connectivity index (χ3v) is 2.89. The lowest BCUT2D eigenvalue weighted by Gasteiger charge is -2.45. The molecule has 3 atom stereocenters. The highest BCUT2D eigenvalue weighted by molar-refractivity contribution is 5.56. The number of nitrogens with zero attached hydrogens (tertiary/aromatic N) is 1. The third kappa shape index (κ3) is 1.05. The molecule has 1 aliphatic carbocycles. The maximum absolute atomic E-state index is 5.87. The van der Waals surface area contributed by atoms with E-state index < -0.39 is 0 Å². The molecule has 0 bridgehead atoms. The van der Waals surface area contributed by atoms with Crippen molar-refractivity contribution in [3.63, 3.8) is 0 Å². The second kappa shape index (κ2) is 2.90. The monoisotopic (exact) mass is 165 g/mol. The highest BCUT2D eigenvalue weighted by atomic mass is 15.0. The van der Waals surface area contributed by atoms with Gasteiger partial charge in [-0.05, 0) is 12.8 Å². The number of rotatable bonds is 0. The summed E-state index contributed by atoms with van der Waals surface area (Å²) in [6.45, 7) is 4.92. The van der Waals surface area contributed by atoms with Gasteiger partial charge >= 0.3 is 0 Å². The van der Waals surface area contributed by atoms with E-state index in [0.29, 0.717) is 12.0 Å². The van der Waals surface area contributed by atoms with Crippen molar-refractivity contribution in [3.05, 3.63) is 12.2 Å². The van der Waals surface area contributed by atoms with Crippen LogP contribution in [0.5, 0.6) is 0 Å². The fourth-order valence-electron chi connectivity index (χ4n) is 2.03.